The Morgan fingerprint density at radius 1 is 1.40 bits per heavy atom. The number of carbonyl (C=O) groups excluding carboxylic acids is 1. The third kappa shape index (κ3) is 3.51. The van der Waals surface area contributed by atoms with Gasteiger partial charge in [0.1, 0.15) is 22.1 Å². The monoisotopic (exact) mass is 304 g/mol. The van der Waals surface area contributed by atoms with Gasteiger partial charge in [0.15, 0.2) is 0 Å². The molecule has 0 bridgehead atoms. The van der Waals surface area contributed by atoms with Crippen LogP contribution in [0.1, 0.15) is 20.8 Å². The van der Waals surface area contributed by atoms with Crippen LogP contribution in [0, 0.1) is 5.82 Å². The number of hydrogen-bond donors (Lipinski definition) is 2. The van der Waals surface area contributed by atoms with Gasteiger partial charge in [-0.25, -0.2) is 14.0 Å². The second kappa shape index (κ2) is 5.54. The Morgan fingerprint density at radius 3 is 2.40 bits per heavy atom. The minimum Gasteiger partial charge on any atom is -0.464 e. The van der Waals surface area contributed by atoms with Crippen LogP contribution in [-0.4, -0.2) is 22.9 Å². The maximum Gasteiger partial charge on any atom is 0.424 e. The molecule has 0 aliphatic carbocycles. The van der Waals surface area contributed by atoms with Crippen LogP contribution >= 0.6 is 11.6 Å². The number of carbonyl (C=O) groups is 2. The Balaban J connectivity index is 3.33. The number of halogens is 2. The van der Waals surface area contributed by atoms with Gasteiger partial charge in [-0.1, -0.05) is 11.6 Å². The zero-order valence-corrected chi connectivity index (χ0v) is 11.9. The van der Waals surface area contributed by atoms with Crippen molar-refractivity contribution in [1.29, 1.82) is 0 Å². The van der Waals surface area contributed by atoms with Crippen molar-refractivity contribution in [2.45, 2.75) is 26.4 Å². The number of anilines is 2. The average molecular weight is 305 g/mol. The zero-order valence-electron chi connectivity index (χ0n) is 11.1. The highest BCUT2D eigenvalue weighted by atomic mass is 35.5. The summed E-state index contributed by atoms with van der Waals surface area (Å²) in [7, 11) is 0. The molecular formula is C12H14ClFN2O4. The number of imide groups is 1. The topological polar surface area (TPSA) is 92.9 Å². The number of rotatable bonds is 1. The Labute approximate surface area is 119 Å². The molecule has 0 saturated heterocycles. The second-order valence-corrected chi connectivity index (χ2v) is 5.28. The molecule has 0 unspecified atom stereocenters. The number of ether oxygens (including phenoxy) is 1. The van der Waals surface area contributed by atoms with Gasteiger partial charge in [-0.3, -0.25) is 0 Å². The fourth-order valence-electron chi connectivity index (χ4n) is 1.35. The molecule has 0 aliphatic rings. The van der Waals surface area contributed by atoms with Crippen molar-refractivity contribution in [3.8, 4) is 0 Å². The number of nitrogens with two attached hydrogens (primary N) is 1. The van der Waals surface area contributed by atoms with E-state index in [2.05, 4.69) is 0 Å². The lowest BCUT2D eigenvalue weighted by Gasteiger charge is -2.25. The number of carboxylic acid groups (broad SMARTS) is 1. The van der Waals surface area contributed by atoms with Crippen molar-refractivity contribution in [2.24, 2.45) is 0 Å². The van der Waals surface area contributed by atoms with Crippen molar-refractivity contribution in [2.75, 3.05) is 10.6 Å². The van der Waals surface area contributed by atoms with Crippen molar-refractivity contribution in [3.63, 3.8) is 0 Å². The lowest BCUT2D eigenvalue weighted by atomic mass is 10.2. The molecule has 0 fully saturated rings. The van der Waals surface area contributed by atoms with E-state index in [0.29, 0.717) is 0 Å². The summed E-state index contributed by atoms with van der Waals surface area (Å²) in [4.78, 5) is 23.3. The Bertz CT molecular complexity index is 557. The first-order chi connectivity index (χ1) is 9.04. The predicted molar refractivity (Wildman–Crippen MR) is 72.6 cm³/mol. The summed E-state index contributed by atoms with van der Waals surface area (Å²) < 4.78 is 18.4. The van der Waals surface area contributed by atoms with Gasteiger partial charge in [0.2, 0.25) is 0 Å². The zero-order chi connectivity index (χ0) is 15.7. The van der Waals surface area contributed by atoms with Gasteiger partial charge in [-0.05, 0) is 32.9 Å². The van der Waals surface area contributed by atoms with E-state index < -0.39 is 34.3 Å². The number of benzene rings is 1. The van der Waals surface area contributed by atoms with E-state index >= 15 is 0 Å². The van der Waals surface area contributed by atoms with E-state index in [1.807, 2.05) is 0 Å². The number of hydrogen-bond acceptors (Lipinski definition) is 4. The lowest BCUT2D eigenvalue weighted by molar-refractivity contribution is 0.0582. The van der Waals surface area contributed by atoms with Gasteiger partial charge in [-0.2, -0.15) is 4.90 Å². The molecule has 20 heavy (non-hydrogen) atoms. The third-order valence-corrected chi connectivity index (χ3v) is 2.45. The molecule has 3 N–H and O–H groups in total. The predicted octanol–water partition coefficient (Wildman–Crippen LogP) is 3.48. The number of nitrogen functional groups attached to an aromatic ring is 1. The van der Waals surface area contributed by atoms with Crippen molar-refractivity contribution < 1.29 is 23.8 Å². The Kier molecular flexibility index (Phi) is 4.44. The van der Waals surface area contributed by atoms with Crippen molar-refractivity contribution >= 4 is 35.2 Å². The molecule has 0 radical (unpaired) electrons. The van der Waals surface area contributed by atoms with Crippen molar-refractivity contribution in [3.05, 3.63) is 23.0 Å². The normalized spacial score (nSPS) is 11.1. The minimum absolute atomic E-state index is 0.162. The van der Waals surface area contributed by atoms with Gasteiger partial charge >= 0.3 is 12.2 Å². The van der Waals surface area contributed by atoms with Gasteiger partial charge in [0, 0.05) is 0 Å². The van der Waals surface area contributed by atoms with Gasteiger partial charge in [-0.15, -0.1) is 0 Å². The highest BCUT2D eigenvalue weighted by molar-refractivity contribution is 6.35. The molecule has 0 saturated carbocycles. The van der Waals surface area contributed by atoms with E-state index in [4.69, 9.17) is 27.2 Å². The molecule has 6 nitrogen and oxygen atoms in total. The first kappa shape index (κ1) is 16.0. The Morgan fingerprint density at radius 2 is 1.95 bits per heavy atom. The van der Waals surface area contributed by atoms with Crippen LogP contribution in [0.15, 0.2) is 12.1 Å². The van der Waals surface area contributed by atoms with Crippen LogP contribution in [0.25, 0.3) is 0 Å². The van der Waals surface area contributed by atoms with Gasteiger partial charge in [0.25, 0.3) is 0 Å². The Hall–Kier alpha value is -2.02. The fraction of sp³-hybridized carbons (Fsp3) is 0.333. The summed E-state index contributed by atoms with van der Waals surface area (Å²) in [6.07, 6.45) is -2.90. The fourth-order valence-corrected chi connectivity index (χ4v) is 1.61. The SMILES string of the molecule is CC(C)(C)OC(=O)N(C(=O)O)c1c(N)ccc(F)c1Cl. The quantitative estimate of drug-likeness (QED) is 0.775. The van der Waals surface area contributed by atoms with Crippen LogP contribution < -0.4 is 10.6 Å². The molecule has 0 atom stereocenters. The van der Waals surface area contributed by atoms with Crippen LogP contribution in [-0.2, 0) is 4.74 Å². The summed E-state index contributed by atoms with van der Waals surface area (Å²) in [5.41, 5.74) is 4.01. The largest absolute Gasteiger partial charge is 0.464 e. The molecule has 2 amide bonds. The van der Waals surface area contributed by atoms with Gasteiger partial charge < -0.3 is 15.6 Å². The molecule has 1 aromatic rings. The molecule has 0 aromatic heterocycles. The maximum atomic E-state index is 13.4. The van der Waals surface area contributed by atoms with Crippen LogP contribution in [0.2, 0.25) is 5.02 Å². The molecular weight excluding hydrogens is 291 g/mol. The van der Waals surface area contributed by atoms with E-state index in [1.54, 1.807) is 20.8 Å². The highest BCUT2D eigenvalue weighted by Gasteiger charge is 2.32. The molecule has 0 aliphatic heterocycles. The first-order valence-corrected chi connectivity index (χ1v) is 5.92. The number of amides is 2. The van der Waals surface area contributed by atoms with E-state index in [9.17, 15) is 14.0 Å². The summed E-state index contributed by atoms with van der Waals surface area (Å²) in [5, 5.41) is 8.55. The summed E-state index contributed by atoms with van der Waals surface area (Å²) in [5.74, 6) is -0.898. The lowest BCUT2D eigenvalue weighted by Crippen LogP contribution is -2.40. The summed E-state index contributed by atoms with van der Waals surface area (Å²) in [6, 6.07) is 2.08. The van der Waals surface area contributed by atoms with Crippen LogP contribution in [0.4, 0.5) is 25.4 Å². The van der Waals surface area contributed by atoms with Crippen LogP contribution in [0.3, 0.4) is 0 Å². The third-order valence-electron chi connectivity index (χ3n) is 2.09. The number of nitrogens with zero attached hydrogens (tertiary/aromatic N) is 1. The molecule has 0 heterocycles. The molecule has 0 spiro atoms. The smallest absolute Gasteiger partial charge is 0.424 e. The molecule has 8 heteroatoms. The van der Waals surface area contributed by atoms with Crippen molar-refractivity contribution in [1.82, 2.24) is 0 Å². The molecule has 1 aromatic carbocycles. The summed E-state index contributed by atoms with van der Waals surface area (Å²) in [6.45, 7) is 4.67. The maximum absolute atomic E-state index is 13.4. The second-order valence-electron chi connectivity index (χ2n) is 4.90. The average Bonchev–Trinajstić information content (AvgIpc) is 2.26. The highest BCUT2D eigenvalue weighted by Crippen LogP contribution is 2.35. The standard InChI is InChI=1S/C12H14ClFN2O4/c1-12(2,3)20-11(19)16(10(17)18)9-7(15)5-4-6(14)8(9)13/h4-5H,15H2,1-3H3,(H,17,18). The molecule has 1 rings (SSSR count). The van der Waals surface area contributed by atoms with E-state index in [0.717, 1.165) is 12.1 Å². The summed E-state index contributed by atoms with van der Waals surface area (Å²) >= 11 is 5.68. The first-order valence-electron chi connectivity index (χ1n) is 5.54. The molecule has 110 valence electrons. The van der Waals surface area contributed by atoms with Gasteiger partial charge in [0.05, 0.1) is 5.69 Å². The van der Waals surface area contributed by atoms with E-state index in [-0.39, 0.29) is 10.6 Å². The van der Waals surface area contributed by atoms with Crippen LogP contribution in [0.5, 0.6) is 0 Å². The minimum atomic E-state index is -1.68. The van der Waals surface area contributed by atoms with E-state index in [1.165, 1.54) is 0 Å².